The monoisotopic (exact) mass is 352 g/mol. The normalized spacial score (nSPS) is 16.0. The van der Waals surface area contributed by atoms with Gasteiger partial charge in [0.1, 0.15) is 17.1 Å². The zero-order chi connectivity index (χ0) is 18.3. The number of nitrogens with zero attached hydrogens (tertiary/aromatic N) is 2. The van der Waals surface area contributed by atoms with Gasteiger partial charge in [-0.25, -0.2) is 0 Å². The van der Waals surface area contributed by atoms with Gasteiger partial charge in [0.25, 0.3) is 0 Å². The molecule has 0 spiro atoms. The Labute approximate surface area is 151 Å². The minimum Gasteiger partial charge on any atom is -0.497 e. The van der Waals surface area contributed by atoms with Crippen molar-refractivity contribution in [3.8, 4) is 23.0 Å². The van der Waals surface area contributed by atoms with Gasteiger partial charge in [-0.3, -0.25) is 0 Å². The molecule has 6 nitrogen and oxygen atoms in total. The summed E-state index contributed by atoms with van der Waals surface area (Å²) in [5.74, 6) is 1.93. The fourth-order valence-corrected chi connectivity index (χ4v) is 3.18. The Morgan fingerprint density at radius 3 is 2.62 bits per heavy atom. The second-order valence-electron chi connectivity index (χ2n) is 6.95. The summed E-state index contributed by atoms with van der Waals surface area (Å²) in [4.78, 5) is 0. The van der Waals surface area contributed by atoms with Crippen LogP contribution in [0.2, 0.25) is 0 Å². The molecule has 0 bridgehead atoms. The average molecular weight is 352 g/mol. The van der Waals surface area contributed by atoms with Crippen molar-refractivity contribution < 1.29 is 19.0 Å². The van der Waals surface area contributed by atoms with E-state index in [1.54, 1.807) is 7.11 Å². The average Bonchev–Trinajstić information content (AvgIpc) is 3.24. The number of ether oxygens (including phenoxy) is 2. The van der Waals surface area contributed by atoms with Crippen molar-refractivity contribution in [1.29, 1.82) is 0 Å². The number of methoxy groups -OCH3 is 1. The maximum absolute atomic E-state index is 10.8. The number of aliphatic hydroxyl groups is 1. The van der Waals surface area contributed by atoms with Crippen molar-refractivity contribution in [2.45, 2.75) is 32.0 Å². The molecule has 2 aromatic carbocycles. The molecule has 1 atom stereocenters. The molecule has 0 saturated carbocycles. The lowest BCUT2D eigenvalue weighted by molar-refractivity contribution is 0.127. The van der Waals surface area contributed by atoms with E-state index in [2.05, 4.69) is 10.2 Å². The Hall–Kier alpha value is -2.86. The van der Waals surface area contributed by atoms with Crippen LogP contribution >= 0.6 is 0 Å². The standard InChI is InChI=1S/C20H20N2O4/c1-20(2)11-13-5-4-6-15(17(13)26-20)16(23)19-22-21-18(25-19)12-7-9-14(24-3)10-8-12/h4-10,16,23H,11H2,1-3H3. The largest absolute Gasteiger partial charge is 0.497 e. The molecule has 0 aliphatic carbocycles. The minimum atomic E-state index is -1.04. The highest BCUT2D eigenvalue weighted by molar-refractivity contribution is 5.54. The highest BCUT2D eigenvalue weighted by Gasteiger charge is 2.34. The van der Waals surface area contributed by atoms with Crippen LogP contribution in [0.1, 0.15) is 37.0 Å². The number of rotatable bonds is 4. The van der Waals surface area contributed by atoms with Gasteiger partial charge < -0.3 is 19.0 Å². The predicted octanol–water partition coefficient (Wildman–Crippen LogP) is 3.54. The molecule has 1 unspecified atom stereocenters. The summed E-state index contributed by atoms with van der Waals surface area (Å²) in [6, 6.07) is 13.0. The first kappa shape index (κ1) is 16.6. The zero-order valence-corrected chi connectivity index (χ0v) is 14.9. The van der Waals surface area contributed by atoms with Gasteiger partial charge in [-0.15, -0.1) is 10.2 Å². The van der Waals surface area contributed by atoms with E-state index in [-0.39, 0.29) is 11.5 Å². The van der Waals surface area contributed by atoms with E-state index < -0.39 is 6.10 Å². The second kappa shape index (κ2) is 6.14. The van der Waals surface area contributed by atoms with Gasteiger partial charge in [-0.1, -0.05) is 18.2 Å². The summed E-state index contributed by atoms with van der Waals surface area (Å²) in [5.41, 5.74) is 2.17. The second-order valence-corrected chi connectivity index (χ2v) is 6.95. The number of para-hydroxylation sites is 1. The van der Waals surface area contributed by atoms with Crippen molar-refractivity contribution in [1.82, 2.24) is 10.2 Å². The molecule has 0 saturated heterocycles. The number of fused-ring (bicyclic) bond motifs is 1. The number of aromatic nitrogens is 2. The van der Waals surface area contributed by atoms with Crippen molar-refractivity contribution in [2.75, 3.05) is 7.11 Å². The van der Waals surface area contributed by atoms with E-state index in [0.717, 1.165) is 23.3 Å². The van der Waals surface area contributed by atoms with Crippen molar-refractivity contribution >= 4 is 0 Å². The minimum absolute atomic E-state index is 0.137. The molecular formula is C20H20N2O4. The van der Waals surface area contributed by atoms with Gasteiger partial charge in [0.2, 0.25) is 11.8 Å². The molecule has 1 aromatic heterocycles. The number of aliphatic hydroxyl groups excluding tert-OH is 1. The molecule has 1 N–H and O–H groups in total. The summed E-state index contributed by atoms with van der Waals surface area (Å²) in [6.45, 7) is 4.05. The van der Waals surface area contributed by atoms with E-state index >= 15 is 0 Å². The zero-order valence-electron chi connectivity index (χ0n) is 14.9. The first-order valence-electron chi connectivity index (χ1n) is 8.43. The molecule has 0 radical (unpaired) electrons. The first-order chi connectivity index (χ1) is 12.5. The van der Waals surface area contributed by atoms with Gasteiger partial charge in [-0.05, 0) is 43.7 Å². The van der Waals surface area contributed by atoms with Crippen LogP contribution in [0.4, 0.5) is 0 Å². The van der Waals surface area contributed by atoms with Crippen LogP contribution in [-0.2, 0) is 6.42 Å². The molecule has 0 fully saturated rings. The molecule has 0 amide bonds. The van der Waals surface area contributed by atoms with Crippen LogP contribution < -0.4 is 9.47 Å². The van der Waals surface area contributed by atoms with E-state index in [1.807, 2.05) is 56.3 Å². The first-order valence-corrected chi connectivity index (χ1v) is 8.43. The Kier molecular flexibility index (Phi) is 3.92. The number of hydrogen-bond acceptors (Lipinski definition) is 6. The van der Waals surface area contributed by atoms with Gasteiger partial charge in [-0.2, -0.15) is 0 Å². The van der Waals surface area contributed by atoms with Crippen LogP contribution in [0.5, 0.6) is 11.5 Å². The predicted molar refractivity (Wildman–Crippen MR) is 95.2 cm³/mol. The molecule has 1 aliphatic rings. The Morgan fingerprint density at radius 1 is 1.12 bits per heavy atom. The third kappa shape index (κ3) is 2.93. The summed E-state index contributed by atoms with van der Waals surface area (Å²) in [5, 5.41) is 18.8. The van der Waals surface area contributed by atoms with Crippen molar-refractivity contribution in [3.05, 3.63) is 59.5 Å². The molecule has 6 heteroatoms. The van der Waals surface area contributed by atoms with Crippen LogP contribution in [0.25, 0.3) is 11.5 Å². The smallest absolute Gasteiger partial charge is 0.250 e. The summed E-state index contributed by atoms with van der Waals surface area (Å²) >= 11 is 0. The maximum Gasteiger partial charge on any atom is 0.250 e. The lowest BCUT2D eigenvalue weighted by atomic mass is 9.99. The van der Waals surface area contributed by atoms with Gasteiger partial charge >= 0.3 is 0 Å². The Morgan fingerprint density at radius 2 is 1.88 bits per heavy atom. The lowest BCUT2D eigenvalue weighted by Crippen LogP contribution is -2.25. The topological polar surface area (TPSA) is 77.6 Å². The SMILES string of the molecule is COc1ccc(-c2nnc(C(O)c3cccc4c3OC(C)(C)C4)o2)cc1. The van der Waals surface area contributed by atoms with Gasteiger partial charge in [0, 0.05) is 17.5 Å². The number of hydrogen-bond donors (Lipinski definition) is 1. The maximum atomic E-state index is 10.8. The van der Waals surface area contributed by atoms with Gasteiger partial charge in [0.15, 0.2) is 6.10 Å². The Balaban J connectivity index is 1.64. The molecule has 1 aliphatic heterocycles. The third-order valence-corrected chi connectivity index (χ3v) is 4.43. The highest BCUT2D eigenvalue weighted by Crippen LogP contribution is 2.41. The van der Waals surface area contributed by atoms with Crippen molar-refractivity contribution in [3.63, 3.8) is 0 Å². The van der Waals surface area contributed by atoms with E-state index in [0.29, 0.717) is 17.2 Å². The lowest BCUT2D eigenvalue weighted by Gasteiger charge is -2.19. The molecule has 3 aromatic rings. The van der Waals surface area contributed by atoms with Crippen molar-refractivity contribution in [2.24, 2.45) is 0 Å². The summed E-state index contributed by atoms with van der Waals surface area (Å²) in [7, 11) is 1.61. The quantitative estimate of drug-likeness (QED) is 0.774. The fourth-order valence-electron chi connectivity index (χ4n) is 3.18. The molecule has 26 heavy (non-hydrogen) atoms. The molecule has 134 valence electrons. The van der Waals surface area contributed by atoms with E-state index in [9.17, 15) is 5.11 Å². The summed E-state index contributed by atoms with van der Waals surface area (Å²) in [6.07, 6.45) is -0.248. The van der Waals surface area contributed by atoms with Crippen LogP contribution in [0.15, 0.2) is 46.9 Å². The third-order valence-electron chi connectivity index (χ3n) is 4.43. The fraction of sp³-hybridized carbons (Fsp3) is 0.300. The van der Waals surface area contributed by atoms with Crippen LogP contribution in [0, 0.1) is 0 Å². The summed E-state index contributed by atoms with van der Waals surface area (Å²) < 4.78 is 16.9. The van der Waals surface area contributed by atoms with Crippen LogP contribution in [0.3, 0.4) is 0 Å². The highest BCUT2D eigenvalue weighted by atomic mass is 16.5. The van der Waals surface area contributed by atoms with Gasteiger partial charge in [0.05, 0.1) is 7.11 Å². The van der Waals surface area contributed by atoms with E-state index in [4.69, 9.17) is 13.9 Å². The molecule has 2 heterocycles. The van der Waals surface area contributed by atoms with Crippen LogP contribution in [-0.4, -0.2) is 28.0 Å². The van der Waals surface area contributed by atoms with E-state index in [1.165, 1.54) is 0 Å². The Bertz CT molecular complexity index is 931. The molecular weight excluding hydrogens is 332 g/mol. The number of benzene rings is 2. The molecule has 4 rings (SSSR count).